The summed E-state index contributed by atoms with van der Waals surface area (Å²) in [6.45, 7) is 5.98. The predicted octanol–water partition coefficient (Wildman–Crippen LogP) is 4.82. The molecule has 2 atom stereocenters. The van der Waals surface area contributed by atoms with Gasteiger partial charge in [-0.3, -0.25) is 4.79 Å². The number of carbonyl (C=O) groups is 3. The zero-order chi connectivity index (χ0) is 29.7. The Labute approximate surface area is 240 Å². The molecule has 0 spiro atoms. The smallest absolute Gasteiger partial charge is 0.337 e. The summed E-state index contributed by atoms with van der Waals surface area (Å²) in [4.78, 5) is 39.4. The van der Waals surface area contributed by atoms with Crippen molar-refractivity contribution in [2.24, 2.45) is 0 Å². The van der Waals surface area contributed by atoms with Crippen molar-refractivity contribution in [3.05, 3.63) is 81.7 Å². The summed E-state index contributed by atoms with van der Waals surface area (Å²) in [7, 11) is 4.48. The average Bonchev–Trinajstić information content (AvgIpc) is 2.97. The number of hydrogen-bond donors (Lipinski definition) is 1. The van der Waals surface area contributed by atoms with Gasteiger partial charge in [0.1, 0.15) is 6.61 Å². The van der Waals surface area contributed by atoms with Gasteiger partial charge in [-0.15, -0.1) is 0 Å². The molecule has 2 aromatic carbocycles. The normalized spacial score (nSPS) is 18.6. The van der Waals surface area contributed by atoms with Gasteiger partial charge in [-0.2, -0.15) is 0 Å². The second-order valence-corrected chi connectivity index (χ2v) is 10.3. The Morgan fingerprint density at radius 3 is 2.22 bits per heavy atom. The molecule has 0 saturated heterocycles. The maximum absolute atomic E-state index is 13.9. The van der Waals surface area contributed by atoms with Gasteiger partial charge >= 0.3 is 11.9 Å². The van der Waals surface area contributed by atoms with Crippen molar-refractivity contribution in [1.29, 1.82) is 0 Å². The van der Waals surface area contributed by atoms with E-state index in [1.807, 2.05) is 39.0 Å². The Kier molecular flexibility index (Phi) is 9.50. The van der Waals surface area contributed by atoms with Crippen molar-refractivity contribution in [1.82, 2.24) is 5.32 Å². The van der Waals surface area contributed by atoms with E-state index < -0.39 is 17.9 Å². The summed E-state index contributed by atoms with van der Waals surface area (Å²) in [5, 5.41) is 3.35. The first-order valence-electron chi connectivity index (χ1n) is 13.6. The van der Waals surface area contributed by atoms with E-state index in [-0.39, 0.29) is 37.4 Å². The van der Waals surface area contributed by atoms with Crippen LogP contribution in [0.1, 0.15) is 66.9 Å². The molecule has 41 heavy (non-hydrogen) atoms. The van der Waals surface area contributed by atoms with Crippen LogP contribution in [0.4, 0.5) is 0 Å². The lowest BCUT2D eigenvalue weighted by molar-refractivity contribution is -0.141. The van der Waals surface area contributed by atoms with Gasteiger partial charge in [0.2, 0.25) is 0 Å². The minimum atomic E-state index is -0.657. The zero-order valence-electron chi connectivity index (χ0n) is 24.4. The van der Waals surface area contributed by atoms with Crippen LogP contribution in [0.25, 0.3) is 0 Å². The highest BCUT2D eigenvalue weighted by atomic mass is 16.6. The summed E-state index contributed by atoms with van der Waals surface area (Å²) >= 11 is 0. The molecule has 0 amide bonds. The maximum atomic E-state index is 13.9. The molecule has 9 heteroatoms. The number of esters is 2. The first-order valence-corrected chi connectivity index (χ1v) is 13.6. The highest BCUT2D eigenvalue weighted by Crippen LogP contribution is 2.46. The highest BCUT2D eigenvalue weighted by Gasteiger charge is 2.41. The molecular weight excluding hydrogens is 526 g/mol. The van der Waals surface area contributed by atoms with E-state index in [0.29, 0.717) is 45.9 Å². The van der Waals surface area contributed by atoms with Gasteiger partial charge in [0.15, 0.2) is 17.3 Å². The number of hydrogen-bond acceptors (Lipinski definition) is 9. The van der Waals surface area contributed by atoms with Gasteiger partial charge in [0.25, 0.3) is 0 Å². The number of rotatable bonds is 10. The Balaban J connectivity index is 1.71. The fraction of sp³-hybridized carbons (Fsp3) is 0.406. The lowest BCUT2D eigenvalue weighted by Crippen LogP contribution is -2.36. The molecule has 1 N–H and O–H groups in total. The molecule has 0 bridgehead atoms. The van der Waals surface area contributed by atoms with Crippen molar-refractivity contribution in [2.75, 3.05) is 34.5 Å². The Bertz CT molecular complexity index is 1370. The number of benzene rings is 2. The SMILES string of the molecule is COC(=O)c1ccc([C@H]2C(C(=O)OCCOC(C)C)=C(C)NC3=C2C(=O)C[C@@H](c2ccc(OC)c(OC)c2)C3)cc1. The van der Waals surface area contributed by atoms with Crippen molar-refractivity contribution in [2.45, 2.75) is 51.6 Å². The molecule has 1 aliphatic heterocycles. The average molecular weight is 564 g/mol. The van der Waals surface area contributed by atoms with Gasteiger partial charge in [0, 0.05) is 29.3 Å². The third kappa shape index (κ3) is 6.46. The van der Waals surface area contributed by atoms with Crippen molar-refractivity contribution < 1.29 is 38.1 Å². The number of dihydropyridines is 1. The molecule has 0 fully saturated rings. The summed E-state index contributed by atoms with van der Waals surface area (Å²) < 4.78 is 26.8. The molecule has 4 rings (SSSR count). The van der Waals surface area contributed by atoms with E-state index >= 15 is 0 Å². The predicted molar refractivity (Wildman–Crippen MR) is 152 cm³/mol. The van der Waals surface area contributed by atoms with Crippen LogP contribution >= 0.6 is 0 Å². The lowest BCUT2D eigenvalue weighted by atomic mass is 9.71. The van der Waals surface area contributed by atoms with E-state index in [1.54, 1.807) is 38.5 Å². The Morgan fingerprint density at radius 1 is 0.902 bits per heavy atom. The van der Waals surface area contributed by atoms with E-state index in [1.165, 1.54) is 7.11 Å². The van der Waals surface area contributed by atoms with E-state index in [9.17, 15) is 14.4 Å². The summed E-state index contributed by atoms with van der Waals surface area (Å²) in [5.74, 6) is -0.594. The van der Waals surface area contributed by atoms with E-state index in [2.05, 4.69) is 5.32 Å². The first kappa shape index (κ1) is 29.9. The highest BCUT2D eigenvalue weighted by molar-refractivity contribution is 6.04. The molecule has 0 aromatic heterocycles. The fourth-order valence-electron chi connectivity index (χ4n) is 5.41. The Morgan fingerprint density at radius 2 is 1.59 bits per heavy atom. The maximum Gasteiger partial charge on any atom is 0.337 e. The third-order valence-corrected chi connectivity index (χ3v) is 7.36. The lowest BCUT2D eigenvalue weighted by Gasteiger charge is -2.36. The van der Waals surface area contributed by atoms with Gasteiger partial charge in [-0.05, 0) is 68.5 Å². The standard InChI is InChI=1S/C32H37NO8/c1-18(2)40-13-14-41-32(36)28-19(3)33-24-15-23(22-11-12-26(37-4)27(17-22)38-5)16-25(34)30(24)29(28)20-7-9-21(10-8-20)31(35)39-6/h7-12,17-18,23,29,33H,13-16H2,1-6H3/t23-,29-/m0/s1. The minimum Gasteiger partial charge on any atom is -0.493 e. The molecule has 0 unspecified atom stereocenters. The monoisotopic (exact) mass is 563 g/mol. The van der Waals surface area contributed by atoms with Gasteiger partial charge in [-0.25, -0.2) is 9.59 Å². The summed E-state index contributed by atoms with van der Waals surface area (Å²) in [6.07, 6.45) is 0.837. The quantitative estimate of drug-likeness (QED) is 0.321. The minimum absolute atomic E-state index is 0.0123. The largest absolute Gasteiger partial charge is 0.493 e. The van der Waals surface area contributed by atoms with Gasteiger partial charge < -0.3 is 29.0 Å². The van der Waals surface area contributed by atoms with Crippen LogP contribution in [0.5, 0.6) is 11.5 Å². The van der Waals surface area contributed by atoms with Crippen LogP contribution in [-0.4, -0.2) is 58.4 Å². The van der Waals surface area contributed by atoms with Gasteiger partial charge in [0.05, 0.1) is 45.2 Å². The number of ether oxygens (including phenoxy) is 5. The summed E-state index contributed by atoms with van der Waals surface area (Å²) in [5.41, 5.74) is 4.30. The van der Waals surface area contributed by atoms with Crippen molar-refractivity contribution in [3.8, 4) is 11.5 Å². The van der Waals surface area contributed by atoms with Crippen LogP contribution in [-0.2, 0) is 23.8 Å². The van der Waals surface area contributed by atoms with Gasteiger partial charge in [-0.1, -0.05) is 18.2 Å². The second-order valence-electron chi connectivity index (χ2n) is 10.3. The van der Waals surface area contributed by atoms with Crippen LogP contribution in [0.3, 0.4) is 0 Å². The molecule has 1 aliphatic carbocycles. The van der Waals surface area contributed by atoms with E-state index in [4.69, 9.17) is 23.7 Å². The number of methoxy groups -OCH3 is 3. The second kappa shape index (κ2) is 13.0. The van der Waals surface area contributed by atoms with Crippen LogP contribution in [0.2, 0.25) is 0 Å². The number of nitrogens with one attached hydrogen (secondary N) is 1. The molecule has 1 heterocycles. The molecule has 218 valence electrons. The topological polar surface area (TPSA) is 109 Å². The van der Waals surface area contributed by atoms with Crippen molar-refractivity contribution in [3.63, 3.8) is 0 Å². The zero-order valence-corrected chi connectivity index (χ0v) is 24.4. The van der Waals surface area contributed by atoms with Crippen LogP contribution in [0.15, 0.2) is 65.0 Å². The number of carbonyl (C=O) groups excluding carboxylic acids is 3. The third-order valence-electron chi connectivity index (χ3n) is 7.36. The number of allylic oxidation sites excluding steroid dienone is 3. The molecule has 2 aromatic rings. The molecule has 0 radical (unpaired) electrons. The molecular formula is C32H37NO8. The Hall–Kier alpha value is -4.11. The molecule has 9 nitrogen and oxygen atoms in total. The van der Waals surface area contributed by atoms with Crippen LogP contribution in [0, 0.1) is 0 Å². The van der Waals surface area contributed by atoms with Crippen molar-refractivity contribution >= 4 is 17.7 Å². The summed E-state index contributed by atoms with van der Waals surface area (Å²) in [6, 6.07) is 12.5. The van der Waals surface area contributed by atoms with Crippen LogP contribution < -0.4 is 14.8 Å². The first-order chi connectivity index (χ1) is 19.7. The molecule has 0 saturated carbocycles. The molecule has 2 aliphatic rings. The number of Topliss-reactive ketones (excluding diaryl/α,β-unsaturated/α-hetero) is 1. The van der Waals surface area contributed by atoms with E-state index in [0.717, 1.165) is 11.3 Å². The number of ketones is 1. The fourth-order valence-corrected chi connectivity index (χ4v) is 5.41.